The summed E-state index contributed by atoms with van der Waals surface area (Å²) in [6.45, 7) is 0.338. The van der Waals surface area contributed by atoms with Crippen molar-refractivity contribution in [3.05, 3.63) is 58.1 Å². The molecule has 0 atom stereocenters. The highest BCUT2D eigenvalue weighted by Gasteiger charge is 2.06. The Hall–Kier alpha value is -2.01. The predicted octanol–water partition coefficient (Wildman–Crippen LogP) is 3.14. The zero-order chi connectivity index (χ0) is 14.5. The molecule has 0 radical (unpaired) electrons. The van der Waals surface area contributed by atoms with E-state index in [0.717, 1.165) is 15.8 Å². The van der Waals surface area contributed by atoms with Crippen molar-refractivity contribution in [3.63, 3.8) is 0 Å². The van der Waals surface area contributed by atoms with Gasteiger partial charge < -0.3 is 15.2 Å². The molecular weight excluding hydrogens is 322 g/mol. The fourth-order valence-electron chi connectivity index (χ4n) is 1.76. The zero-order valence-corrected chi connectivity index (χ0v) is 12.5. The lowest BCUT2D eigenvalue weighted by atomic mass is 10.2. The Morgan fingerprint density at radius 2 is 2.05 bits per heavy atom. The maximum atomic E-state index is 11.1. The van der Waals surface area contributed by atoms with Crippen LogP contribution in [0.25, 0.3) is 0 Å². The Labute approximate surface area is 125 Å². The molecule has 104 valence electrons. The van der Waals surface area contributed by atoms with Gasteiger partial charge in [-0.3, -0.25) is 4.79 Å². The molecule has 0 saturated heterocycles. The van der Waals surface area contributed by atoms with Crippen LogP contribution in [0.15, 0.2) is 46.9 Å². The van der Waals surface area contributed by atoms with Crippen molar-refractivity contribution in [2.45, 2.75) is 6.61 Å². The number of carbonyl (C=O) groups is 1. The molecule has 0 bridgehead atoms. The molecule has 5 heteroatoms. The van der Waals surface area contributed by atoms with E-state index in [1.807, 2.05) is 18.2 Å². The third kappa shape index (κ3) is 3.51. The van der Waals surface area contributed by atoms with Gasteiger partial charge in [-0.15, -0.1) is 0 Å². The first kappa shape index (κ1) is 14.4. The second kappa shape index (κ2) is 6.43. The molecule has 0 heterocycles. The molecule has 0 spiro atoms. The summed E-state index contributed by atoms with van der Waals surface area (Å²) >= 11 is 3.41. The van der Waals surface area contributed by atoms with Crippen LogP contribution in [0.5, 0.6) is 11.5 Å². The summed E-state index contributed by atoms with van der Waals surface area (Å²) in [6, 6.07) is 12.5. The van der Waals surface area contributed by atoms with Crippen LogP contribution in [0.3, 0.4) is 0 Å². The van der Waals surface area contributed by atoms with Crippen molar-refractivity contribution in [1.82, 2.24) is 0 Å². The molecular formula is C15H14BrNO3. The molecule has 0 aliphatic rings. The Balaban J connectivity index is 2.14. The van der Waals surface area contributed by atoms with E-state index in [2.05, 4.69) is 15.9 Å². The summed E-state index contributed by atoms with van der Waals surface area (Å²) in [7, 11) is 1.61. The normalized spacial score (nSPS) is 10.1. The van der Waals surface area contributed by atoms with E-state index >= 15 is 0 Å². The van der Waals surface area contributed by atoms with Crippen molar-refractivity contribution in [3.8, 4) is 11.5 Å². The minimum atomic E-state index is -0.476. The minimum absolute atomic E-state index is 0.338. The topological polar surface area (TPSA) is 61.6 Å². The highest BCUT2D eigenvalue weighted by Crippen LogP contribution is 2.24. The standard InChI is InChI=1S/C15H14BrNO3/c1-19-14-6-5-12(16)7-11(14)9-20-13-4-2-3-10(8-13)15(17)18/h2-8H,9H2,1H3,(H2,17,18). The van der Waals surface area contributed by atoms with Crippen LogP contribution in [0, 0.1) is 0 Å². The zero-order valence-electron chi connectivity index (χ0n) is 10.9. The van der Waals surface area contributed by atoms with Crippen molar-refractivity contribution in [1.29, 1.82) is 0 Å². The summed E-state index contributed by atoms with van der Waals surface area (Å²) in [5, 5.41) is 0. The SMILES string of the molecule is COc1ccc(Br)cc1COc1cccc(C(N)=O)c1. The monoisotopic (exact) mass is 335 g/mol. The quantitative estimate of drug-likeness (QED) is 0.912. The van der Waals surface area contributed by atoms with Crippen molar-refractivity contribution in [2.24, 2.45) is 5.73 Å². The summed E-state index contributed by atoms with van der Waals surface area (Å²) in [5.41, 5.74) is 6.56. The molecule has 20 heavy (non-hydrogen) atoms. The van der Waals surface area contributed by atoms with E-state index in [9.17, 15) is 4.79 Å². The number of carbonyl (C=O) groups excluding carboxylic acids is 1. The third-order valence-electron chi connectivity index (χ3n) is 2.76. The van der Waals surface area contributed by atoms with Crippen molar-refractivity contribution in [2.75, 3.05) is 7.11 Å². The van der Waals surface area contributed by atoms with Crippen LogP contribution < -0.4 is 15.2 Å². The van der Waals surface area contributed by atoms with Crippen LogP contribution >= 0.6 is 15.9 Å². The first-order valence-corrected chi connectivity index (χ1v) is 6.74. The second-order valence-corrected chi connectivity index (χ2v) is 5.05. The fraction of sp³-hybridized carbons (Fsp3) is 0.133. The summed E-state index contributed by atoms with van der Waals surface area (Å²) in [5.74, 6) is 0.859. The highest BCUT2D eigenvalue weighted by atomic mass is 79.9. The van der Waals surface area contributed by atoms with E-state index in [0.29, 0.717) is 17.9 Å². The van der Waals surface area contributed by atoms with Crippen LogP contribution in [-0.2, 0) is 6.61 Å². The number of amides is 1. The number of primary amides is 1. The number of rotatable bonds is 5. The number of hydrogen-bond acceptors (Lipinski definition) is 3. The predicted molar refractivity (Wildman–Crippen MR) is 80.0 cm³/mol. The molecule has 0 saturated carbocycles. The van der Waals surface area contributed by atoms with Crippen LogP contribution in [-0.4, -0.2) is 13.0 Å². The molecule has 2 N–H and O–H groups in total. The average molecular weight is 336 g/mol. The van der Waals surface area contributed by atoms with Gasteiger partial charge >= 0.3 is 0 Å². The molecule has 0 aromatic heterocycles. The van der Waals surface area contributed by atoms with Gasteiger partial charge in [-0.25, -0.2) is 0 Å². The molecule has 0 unspecified atom stereocenters. The molecule has 0 aliphatic carbocycles. The van der Waals surface area contributed by atoms with Crippen LogP contribution in [0.1, 0.15) is 15.9 Å². The van der Waals surface area contributed by atoms with Gasteiger partial charge in [0.05, 0.1) is 7.11 Å². The number of ether oxygens (including phenoxy) is 2. The van der Waals surface area contributed by atoms with Gasteiger partial charge in [0.2, 0.25) is 5.91 Å². The Morgan fingerprint density at radius 1 is 1.25 bits per heavy atom. The van der Waals surface area contributed by atoms with Crippen molar-refractivity contribution >= 4 is 21.8 Å². The third-order valence-corrected chi connectivity index (χ3v) is 3.25. The Kier molecular flexibility index (Phi) is 4.63. The lowest BCUT2D eigenvalue weighted by Gasteiger charge is -2.11. The average Bonchev–Trinajstić information content (AvgIpc) is 2.45. The van der Waals surface area contributed by atoms with Gasteiger partial charge in [-0.2, -0.15) is 0 Å². The van der Waals surface area contributed by atoms with Gasteiger partial charge in [-0.05, 0) is 36.4 Å². The highest BCUT2D eigenvalue weighted by molar-refractivity contribution is 9.10. The maximum Gasteiger partial charge on any atom is 0.248 e. The second-order valence-electron chi connectivity index (χ2n) is 4.14. The molecule has 1 amide bonds. The Morgan fingerprint density at radius 3 is 2.75 bits per heavy atom. The lowest BCUT2D eigenvalue weighted by Crippen LogP contribution is -2.10. The van der Waals surface area contributed by atoms with Crippen LogP contribution in [0.2, 0.25) is 0 Å². The molecule has 4 nitrogen and oxygen atoms in total. The van der Waals surface area contributed by atoms with Gasteiger partial charge in [0.15, 0.2) is 0 Å². The summed E-state index contributed by atoms with van der Waals surface area (Å²) in [6.07, 6.45) is 0. The largest absolute Gasteiger partial charge is 0.496 e. The van der Waals surface area contributed by atoms with Crippen LogP contribution in [0.4, 0.5) is 0 Å². The first-order valence-electron chi connectivity index (χ1n) is 5.95. The number of nitrogens with two attached hydrogens (primary N) is 1. The number of halogens is 1. The molecule has 2 aromatic carbocycles. The smallest absolute Gasteiger partial charge is 0.248 e. The number of hydrogen-bond donors (Lipinski definition) is 1. The molecule has 0 fully saturated rings. The van der Waals surface area contributed by atoms with Gasteiger partial charge in [0.25, 0.3) is 0 Å². The Bertz CT molecular complexity index is 628. The van der Waals surface area contributed by atoms with Gasteiger partial charge in [0.1, 0.15) is 18.1 Å². The maximum absolute atomic E-state index is 11.1. The summed E-state index contributed by atoms with van der Waals surface area (Å²) in [4.78, 5) is 11.1. The molecule has 2 rings (SSSR count). The lowest BCUT2D eigenvalue weighted by molar-refractivity contribution is 0.1000. The fourth-order valence-corrected chi connectivity index (χ4v) is 2.17. The molecule has 2 aromatic rings. The number of benzene rings is 2. The minimum Gasteiger partial charge on any atom is -0.496 e. The van der Waals surface area contributed by atoms with E-state index in [4.69, 9.17) is 15.2 Å². The van der Waals surface area contributed by atoms with E-state index < -0.39 is 5.91 Å². The molecule has 0 aliphatic heterocycles. The summed E-state index contributed by atoms with van der Waals surface area (Å²) < 4.78 is 11.9. The van der Waals surface area contributed by atoms with E-state index in [1.165, 1.54) is 0 Å². The van der Waals surface area contributed by atoms with Gasteiger partial charge in [0, 0.05) is 15.6 Å². The van der Waals surface area contributed by atoms with E-state index in [-0.39, 0.29) is 0 Å². The van der Waals surface area contributed by atoms with Gasteiger partial charge in [-0.1, -0.05) is 22.0 Å². The van der Waals surface area contributed by atoms with Crippen molar-refractivity contribution < 1.29 is 14.3 Å². The number of methoxy groups -OCH3 is 1. The first-order chi connectivity index (χ1) is 9.60. The van der Waals surface area contributed by atoms with E-state index in [1.54, 1.807) is 31.4 Å².